The third-order valence-electron chi connectivity index (χ3n) is 3.17. The van der Waals surface area contributed by atoms with Crippen LogP contribution in [0.15, 0.2) is 17.5 Å². The number of carboxylic acid groups (broad SMARTS) is 1. The molecule has 3 N–H and O–H groups in total. The normalized spacial score (nSPS) is 17.1. The van der Waals surface area contributed by atoms with Crippen molar-refractivity contribution in [3.05, 3.63) is 22.4 Å². The van der Waals surface area contributed by atoms with Crippen molar-refractivity contribution in [2.75, 3.05) is 39.4 Å². The quantitative estimate of drug-likeness (QED) is 0.712. The molecule has 116 valence electrons. The number of nitrogens with one attached hydrogen (secondary N) is 2. The number of nitrogens with zero attached hydrogens (tertiary/aromatic N) is 1. The van der Waals surface area contributed by atoms with Crippen LogP contribution < -0.4 is 10.6 Å². The Morgan fingerprint density at radius 2 is 2.19 bits per heavy atom. The summed E-state index contributed by atoms with van der Waals surface area (Å²) < 4.78 is 5.24. The zero-order valence-corrected chi connectivity index (χ0v) is 12.4. The van der Waals surface area contributed by atoms with Gasteiger partial charge in [0.1, 0.15) is 0 Å². The summed E-state index contributed by atoms with van der Waals surface area (Å²) in [5, 5.41) is 16.1. The number of amides is 2. The van der Waals surface area contributed by atoms with E-state index in [0.717, 1.165) is 19.6 Å². The van der Waals surface area contributed by atoms with Gasteiger partial charge in [0.25, 0.3) is 0 Å². The molecule has 8 heteroatoms. The van der Waals surface area contributed by atoms with Crippen LogP contribution in [0, 0.1) is 0 Å². The largest absolute Gasteiger partial charge is 0.479 e. The Labute approximate surface area is 126 Å². The molecule has 21 heavy (non-hydrogen) atoms. The zero-order valence-electron chi connectivity index (χ0n) is 11.6. The summed E-state index contributed by atoms with van der Waals surface area (Å²) in [7, 11) is 0. The van der Waals surface area contributed by atoms with Crippen molar-refractivity contribution < 1.29 is 19.4 Å². The van der Waals surface area contributed by atoms with Crippen LogP contribution in [0.3, 0.4) is 0 Å². The molecule has 2 rings (SSSR count). The van der Waals surface area contributed by atoms with Gasteiger partial charge in [0.2, 0.25) is 0 Å². The molecule has 1 aliphatic rings. The van der Waals surface area contributed by atoms with Crippen molar-refractivity contribution in [3.63, 3.8) is 0 Å². The first-order valence-electron chi connectivity index (χ1n) is 6.77. The van der Waals surface area contributed by atoms with E-state index in [0.29, 0.717) is 24.6 Å². The van der Waals surface area contributed by atoms with Crippen LogP contribution in [0.5, 0.6) is 0 Å². The predicted molar refractivity (Wildman–Crippen MR) is 78.5 cm³/mol. The minimum atomic E-state index is -1.07. The van der Waals surface area contributed by atoms with Crippen LogP contribution in [-0.2, 0) is 9.53 Å². The molecule has 1 aromatic heterocycles. The fourth-order valence-corrected chi connectivity index (χ4v) is 2.81. The number of urea groups is 1. The Morgan fingerprint density at radius 1 is 1.43 bits per heavy atom. The zero-order chi connectivity index (χ0) is 15.1. The van der Waals surface area contributed by atoms with Gasteiger partial charge < -0.3 is 20.5 Å². The number of hydrogen-bond acceptors (Lipinski definition) is 5. The van der Waals surface area contributed by atoms with E-state index in [1.807, 2.05) is 0 Å². The summed E-state index contributed by atoms with van der Waals surface area (Å²) in [6.07, 6.45) is 0. The molecule has 0 aromatic carbocycles. The maximum absolute atomic E-state index is 11.8. The second-order valence-corrected chi connectivity index (χ2v) is 5.62. The van der Waals surface area contributed by atoms with E-state index in [1.165, 1.54) is 11.3 Å². The van der Waals surface area contributed by atoms with Crippen LogP contribution in [0.1, 0.15) is 10.9 Å². The molecule has 1 unspecified atom stereocenters. The number of carbonyl (C=O) groups is 2. The minimum absolute atomic E-state index is 0.468. The molecule has 7 nitrogen and oxygen atoms in total. The molecule has 0 bridgehead atoms. The van der Waals surface area contributed by atoms with E-state index in [1.54, 1.807) is 17.5 Å². The van der Waals surface area contributed by atoms with Crippen LogP contribution >= 0.6 is 11.3 Å². The van der Waals surface area contributed by atoms with Crippen LogP contribution in [0.2, 0.25) is 0 Å². The number of carboxylic acids is 1. The van der Waals surface area contributed by atoms with Crippen LogP contribution in [0.25, 0.3) is 0 Å². The standard InChI is InChI=1S/C13H19N3O4S/c17-12(18)11(10-2-1-9-21-10)15-13(19)14-3-4-16-5-7-20-8-6-16/h1-2,9,11H,3-8H2,(H,17,18)(H2,14,15,19). The van der Waals surface area contributed by atoms with Crippen molar-refractivity contribution in [3.8, 4) is 0 Å². The number of aliphatic carboxylic acids is 1. The average molecular weight is 313 g/mol. The minimum Gasteiger partial charge on any atom is -0.479 e. The van der Waals surface area contributed by atoms with Gasteiger partial charge in [0.05, 0.1) is 13.2 Å². The van der Waals surface area contributed by atoms with Crippen molar-refractivity contribution in [2.24, 2.45) is 0 Å². The Hall–Kier alpha value is -1.64. The van der Waals surface area contributed by atoms with Crippen molar-refractivity contribution in [2.45, 2.75) is 6.04 Å². The Bertz CT molecular complexity index is 460. The van der Waals surface area contributed by atoms with E-state index in [-0.39, 0.29) is 0 Å². The highest BCUT2D eigenvalue weighted by Gasteiger charge is 2.22. The Balaban J connectivity index is 1.73. The summed E-state index contributed by atoms with van der Waals surface area (Å²) >= 11 is 1.30. The topological polar surface area (TPSA) is 90.9 Å². The van der Waals surface area contributed by atoms with E-state index in [2.05, 4.69) is 15.5 Å². The lowest BCUT2D eigenvalue weighted by Gasteiger charge is -2.26. The number of hydrogen-bond donors (Lipinski definition) is 3. The molecule has 1 fully saturated rings. The van der Waals surface area contributed by atoms with E-state index in [9.17, 15) is 9.59 Å². The second-order valence-electron chi connectivity index (χ2n) is 4.64. The van der Waals surface area contributed by atoms with Gasteiger partial charge in [-0.05, 0) is 11.4 Å². The highest BCUT2D eigenvalue weighted by Crippen LogP contribution is 2.18. The Kier molecular flexibility index (Phi) is 5.97. The number of carbonyl (C=O) groups excluding carboxylic acids is 1. The van der Waals surface area contributed by atoms with E-state index < -0.39 is 18.0 Å². The first kappa shape index (κ1) is 15.7. The van der Waals surface area contributed by atoms with Crippen molar-refractivity contribution in [1.29, 1.82) is 0 Å². The van der Waals surface area contributed by atoms with Gasteiger partial charge in [-0.1, -0.05) is 6.07 Å². The van der Waals surface area contributed by atoms with Gasteiger partial charge in [0, 0.05) is 31.1 Å². The third-order valence-corrected chi connectivity index (χ3v) is 4.10. The number of rotatable bonds is 6. The molecule has 0 saturated carbocycles. The SMILES string of the molecule is O=C(NCCN1CCOCC1)NC(C(=O)O)c1cccs1. The summed E-state index contributed by atoms with van der Waals surface area (Å²) in [5.41, 5.74) is 0. The first-order chi connectivity index (χ1) is 10.2. The summed E-state index contributed by atoms with van der Waals surface area (Å²) in [4.78, 5) is 25.8. The van der Waals surface area contributed by atoms with Crippen LogP contribution in [0.4, 0.5) is 4.79 Å². The van der Waals surface area contributed by atoms with Crippen molar-refractivity contribution in [1.82, 2.24) is 15.5 Å². The molecule has 2 amide bonds. The maximum atomic E-state index is 11.8. The van der Waals surface area contributed by atoms with Gasteiger partial charge in [-0.3, -0.25) is 4.90 Å². The average Bonchev–Trinajstić information content (AvgIpc) is 2.99. The molecule has 2 heterocycles. The molecule has 1 saturated heterocycles. The number of morpholine rings is 1. The van der Waals surface area contributed by atoms with Gasteiger partial charge in [-0.2, -0.15) is 0 Å². The fourth-order valence-electron chi connectivity index (χ4n) is 2.04. The molecule has 1 aromatic rings. The highest BCUT2D eigenvalue weighted by molar-refractivity contribution is 7.10. The number of ether oxygens (including phenoxy) is 1. The molecule has 1 atom stereocenters. The molecular weight excluding hydrogens is 294 g/mol. The molecule has 0 aliphatic carbocycles. The van der Waals surface area contributed by atoms with Gasteiger partial charge in [-0.15, -0.1) is 11.3 Å². The molecular formula is C13H19N3O4S. The predicted octanol–water partition coefficient (Wildman–Crippen LogP) is 0.505. The number of thiophene rings is 1. The fraction of sp³-hybridized carbons (Fsp3) is 0.538. The maximum Gasteiger partial charge on any atom is 0.331 e. The van der Waals surface area contributed by atoms with Gasteiger partial charge in [0.15, 0.2) is 6.04 Å². The lowest BCUT2D eigenvalue weighted by molar-refractivity contribution is -0.139. The monoisotopic (exact) mass is 313 g/mol. The van der Waals surface area contributed by atoms with Crippen molar-refractivity contribution >= 4 is 23.3 Å². The lowest BCUT2D eigenvalue weighted by Crippen LogP contribution is -2.45. The lowest BCUT2D eigenvalue weighted by atomic mass is 10.2. The summed E-state index contributed by atoms with van der Waals surface area (Å²) in [6, 6.07) is 1.98. The highest BCUT2D eigenvalue weighted by atomic mass is 32.1. The smallest absolute Gasteiger partial charge is 0.331 e. The molecule has 1 aliphatic heterocycles. The van der Waals surface area contributed by atoms with Gasteiger partial charge >= 0.3 is 12.0 Å². The molecule has 0 radical (unpaired) electrons. The Morgan fingerprint density at radius 3 is 2.81 bits per heavy atom. The van der Waals surface area contributed by atoms with Gasteiger partial charge in [-0.25, -0.2) is 9.59 Å². The summed E-state index contributed by atoms with van der Waals surface area (Å²) in [6.45, 7) is 4.35. The first-order valence-corrected chi connectivity index (χ1v) is 7.65. The third kappa shape index (κ3) is 5.00. The van der Waals surface area contributed by atoms with E-state index >= 15 is 0 Å². The molecule has 0 spiro atoms. The summed E-state index contributed by atoms with van der Waals surface area (Å²) in [5.74, 6) is -1.07. The second kappa shape index (κ2) is 7.96. The van der Waals surface area contributed by atoms with E-state index in [4.69, 9.17) is 9.84 Å². The van der Waals surface area contributed by atoms with Crippen LogP contribution in [-0.4, -0.2) is 61.4 Å².